The molecule has 2 rings (SSSR count). The molecule has 0 spiro atoms. The monoisotopic (exact) mass is 263 g/mol. The van der Waals surface area contributed by atoms with Gasteiger partial charge in [0.1, 0.15) is 11.4 Å². The van der Waals surface area contributed by atoms with Crippen LogP contribution in [0.5, 0.6) is 5.75 Å². The molecule has 0 saturated heterocycles. The van der Waals surface area contributed by atoms with Crippen molar-refractivity contribution in [3.8, 4) is 17.0 Å². The molecule has 1 heterocycles. The topological polar surface area (TPSA) is 22.1 Å². The molecule has 1 aromatic carbocycles. The summed E-state index contributed by atoms with van der Waals surface area (Å²) in [6, 6.07) is 11.8. The van der Waals surface area contributed by atoms with E-state index in [-0.39, 0.29) is 0 Å². The van der Waals surface area contributed by atoms with Crippen molar-refractivity contribution in [3.63, 3.8) is 0 Å². The van der Waals surface area contributed by atoms with Crippen LogP contribution in [0.15, 0.2) is 47.1 Å². The van der Waals surface area contributed by atoms with Gasteiger partial charge in [-0.05, 0) is 24.3 Å². The smallest absolute Gasteiger partial charge is 0.145 e. The lowest BCUT2D eigenvalue weighted by Crippen LogP contribution is -1.90. The van der Waals surface area contributed by atoms with Gasteiger partial charge in [-0.3, -0.25) is 4.98 Å². The standard InChI is InChI=1S/C12H10BrNO/c1-15-11-3-2-8-14-12(11)9-4-6-10(13)7-5-9/h2-8H,1H3. The fraction of sp³-hybridized carbons (Fsp3) is 0.0833. The van der Waals surface area contributed by atoms with Crippen LogP contribution in [0.4, 0.5) is 0 Å². The van der Waals surface area contributed by atoms with Crippen LogP contribution in [0, 0.1) is 0 Å². The summed E-state index contributed by atoms with van der Waals surface area (Å²) in [7, 11) is 1.65. The Kier molecular flexibility index (Phi) is 3.02. The van der Waals surface area contributed by atoms with Crippen LogP contribution in [0.1, 0.15) is 0 Å². The highest BCUT2D eigenvalue weighted by molar-refractivity contribution is 9.10. The van der Waals surface area contributed by atoms with Gasteiger partial charge in [-0.25, -0.2) is 0 Å². The quantitative estimate of drug-likeness (QED) is 0.827. The van der Waals surface area contributed by atoms with Gasteiger partial charge in [-0.2, -0.15) is 0 Å². The van der Waals surface area contributed by atoms with Gasteiger partial charge in [0, 0.05) is 16.2 Å². The third-order valence-electron chi connectivity index (χ3n) is 2.11. The number of ether oxygens (including phenoxy) is 1. The third-order valence-corrected chi connectivity index (χ3v) is 2.64. The maximum Gasteiger partial charge on any atom is 0.145 e. The van der Waals surface area contributed by atoms with E-state index in [4.69, 9.17) is 4.74 Å². The summed E-state index contributed by atoms with van der Waals surface area (Å²) in [5, 5.41) is 0. The summed E-state index contributed by atoms with van der Waals surface area (Å²) in [4.78, 5) is 4.31. The van der Waals surface area contributed by atoms with Crippen LogP contribution in [-0.4, -0.2) is 12.1 Å². The number of rotatable bonds is 2. The van der Waals surface area contributed by atoms with Crippen LogP contribution in [0.3, 0.4) is 0 Å². The molecule has 0 aliphatic heterocycles. The zero-order chi connectivity index (χ0) is 10.7. The number of methoxy groups -OCH3 is 1. The molecule has 0 bridgehead atoms. The second-order valence-corrected chi connectivity index (χ2v) is 3.98. The number of aromatic nitrogens is 1. The average Bonchev–Trinajstić information content (AvgIpc) is 2.30. The van der Waals surface area contributed by atoms with E-state index < -0.39 is 0 Å². The van der Waals surface area contributed by atoms with Gasteiger partial charge in [0.25, 0.3) is 0 Å². The maximum atomic E-state index is 5.26. The van der Waals surface area contributed by atoms with Gasteiger partial charge in [0.2, 0.25) is 0 Å². The second kappa shape index (κ2) is 4.45. The minimum atomic E-state index is 0.792. The highest BCUT2D eigenvalue weighted by Gasteiger charge is 2.05. The van der Waals surface area contributed by atoms with E-state index in [2.05, 4.69) is 20.9 Å². The van der Waals surface area contributed by atoms with Gasteiger partial charge in [0.05, 0.1) is 7.11 Å². The molecule has 0 atom stereocenters. The van der Waals surface area contributed by atoms with Gasteiger partial charge in [-0.1, -0.05) is 28.1 Å². The van der Waals surface area contributed by atoms with E-state index in [1.165, 1.54) is 0 Å². The SMILES string of the molecule is COc1cccnc1-c1ccc(Br)cc1. The van der Waals surface area contributed by atoms with Gasteiger partial charge in [0.15, 0.2) is 0 Å². The molecular formula is C12H10BrNO. The minimum absolute atomic E-state index is 0.792. The lowest BCUT2D eigenvalue weighted by atomic mass is 10.1. The fourth-order valence-electron chi connectivity index (χ4n) is 1.38. The maximum absolute atomic E-state index is 5.26. The summed E-state index contributed by atoms with van der Waals surface area (Å²) in [6.07, 6.45) is 1.76. The molecule has 15 heavy (non-hydrogen) atoms. The lowest BCUT2D eigenvalue weighted by molar-refractivity contribution is 0.415. The molecule has 0 aliphatic rings. The zero-order valence-electron chi connectivity index (χ0n) is 8.27. The summed E-state index contributed by atoms with van der Waals surface area (Å²) in [6.45, 7) is 0. The van der Waals surface area contributed by atoms with Gasteiger partial charge in [-0.15, -0.1) is 0 Å². The summed E-state index contributed by atoms with van der Waals surface area (Å²) in [5.74, 6) is 0.792. The first kappa shape index (κ1) is 10.2. The Morgan fingerprint density at radius 3 is 2.53 bits per heavy atom. The molecular weight excluding hydrogens is 254 g/mol. The number of benzene rings is 1. The molecule has 2 nitrogen and oxygen atoms in total. The Hall–Kier alpha value is -1.35. The third kappa shape index (κ3) is 2.18. The fourth-order valence-corrected chi connectivity index (χ4v) is 1.64. The molecule has 0 radical (unpaired) electrons. The highest BCUT2D eigenvalue weighted by atomic mass is 79.9. The van der Waals surface area contributed by atoms with Crippen molar-refractivity contribution >= 4 is 15.9 Å². The molecule has 0 N–H and O–H groups in total. The van der Waals surface area contributed by atoms with E-state index >= 15 is 0 Å². The summed E-state index contributed by atoms with van der Waals surface area (Å²) >= 11 is 3.40. The first-order valence-electron chi connectivity index (χ1n) is 4.56. The number of pyridine rings is 1. The van der Waals surface area contributed by atoms with Crippen molar-refractivity contribution in [2.75, 3.05) is 7.11 Å². The van der Waals surface area contributed by atoms with E-state index in [1.807, 2.05) is 36.4 Å². The van der Waals surface area contributed by atoms with E-state index in [0.717, 1.165) is 21.5 Å². The van der Waals surface area contributed by atoms with Crippen molar-refractivity contribution < 1.29 is 4.74 Å². The molecule has 76 valence electrons. The molecule has 0 saturated carbocycles. The number of nitrogens with zero attached hydrogens (tertiary/aromatic N) is 1. The zero-order valence-corrected chi connectivity index (χ0v) is 9.86. The van der Waals surface area contributed by atoms with E-state index in [0.29, 0.717) is 0 Å². The Labute approximate surface area is 97.1 Å². The van der Waals surface area contributed by atoms with Crippen LogP contribution in [0.25, 0.3) is 11.3 Å². The second-order valence-electron chi connectivity index (χ2n) is 3.06. The van der Waals surface area contributed by atoms with E-state index in [9.17, 15) is 0 Å². The molecule has 2 aromatic rings. The molecule has 0 amide bonds. The highest BCUT2D eigenvalue weighted by Crippen LogP contribution is 2.27. The normalized spacial score (nSPS) is 10.0. The first-order chi connectivity index (χ1) is 7.31. The minimum Gasteiger partial charge on any atom is -0.494 e. The van der Waals surface area contributed by atoms with Crippen LogP contribution in [-0.2, 0) is 0 Å². The predicted molar refractivity (Wildman–Crippen MR) is 63.9 cm³/mol. The van der Waals surface area contributed by atoms with Crippen LogP contribution < -0.4 is 4.74 Å². The number of halogens is 1. The molecule has 0 unspecified atom stereocenters. The Balaban J connectivity index is 2.49. The number of hydrogen-bond acceptors (Lipinski definition) is 2. The lowest BCUT2D eigenvalue weighted by Gasteiger charge is -2.06. The molecule has 3 heteroatoms. The van der Waals surface area contributed by atoms with Crippen molar-refractivity contribution in [2.24, 2.45) is 0 Å². The molecule has 0 aliphatic carbocycles. The predicted octanol–water partition coefficient (Wildman–Crippen LogP) is 3.52. The van der Waals surface area contributed by atoms with Crippen LogP contribution >= 0.6 is 15.9 Å². The largest absolute Gasteiger partial charge is 0.494 e. The van der Waals surface area contributed by atoms with Gasteiger partial charge >= 0.3 is 0 Å². The Morgan fingerprint density at radius 2 is 1.87 bits per heavy atom. The Morgan fingerprint density at radius 1 is 1.13 bits per heavy atom. The molecule has 1 aromatic heterocycles. The van der Waals surface area contributed by atoms with Crippen molar-refractivity contribution in [1.82, 2.24) is 4.98 Å². The average molecular weight is 264 g/mol. The van der Waals surface area contributed by atoms with E-state index in [1.54, 1.807) is 13.3 Å². The van der Waals surface area contributed by atoms with Crippen molar-refractivity contribution in [1.29, 1.82) is 0 Å². The van der Waals surface area contributed by atoms with Crippen molar-refractivity contribution in [2.45, 2.75) is 0 Å². The summed E-state index contributed by atoms with van der Waals surface area (Å²) < 4.78 is 6.31. The van der Waals surface area contributed by atoms with Crippen molar-refractivity contribution in [3.05, 3.63) is 47.1 Å². The summed E-state index contributed by atoms with van der Waals surface area (Å²) in [5.41, 5.74) is 1.92. The molecule has 0 fully saturated rings. The number of hydrogen-bond donors (Lipinski definition) is 0. The van der Waals surface area contributed by atoms with Crippen LogP contribution in [0.2, 0.25) is 0 Å². The first-order valence-corrected chi connectivity index (χ1v) is 5.35. The Bertz CT molecular complexity index is 453. The van der Waals surface area contributed by atoms with Gasteiger partial charge < -0.3 is 4.74 Å².